The molecule has 0 aliphatic heterocycles. The van der Waals surface area contributed by atoms with Crippen LogP contribution in [0, 0.1) is 0 Å². The fourth-order valence-electron chi connectivity index (χ4n) is 9.43. The fourth-order valence-corrected chi connectivity index (χ4v) is 9.43. The van der Waals surface area contributed by atoms with E-state index in [9.17, 15) is 14.4 Å². The number of imide groups is 3. The number of hydrogen-bond donors (Lipinski definition) is 1. The molecule has 5 nitrogen and oxygen atoms in total. The van der Waals surface area contributed by atoms with Crippen molar-refractivity contribution in [2.24, 2.45) is 5.73 Å². The molecule has 5 heteroatoms. The quantitative estimate of drug-likeness (QED) is 0.0714. The van der Waals surface area contributed by atoms with Crippen molar-refractivity contribution in [3.05, 3.63) is 59.2 Å². The lowest BCUT2D eigenvalue weighted by Gasteiger charge is -2.24. The number of urea groups is 1. The van der Waals surface area contributed by atoms with Crippen LogP contribution in [0.5, 0.6) is 0 Å². The summed E-state index contributed by atoms with van der Waals surface area (Å²) < 4.78 is 0. The zero-order valence-corrected chi connectivity index (χ0v) is 39.0. The molecule has 0 saturated heterocycles. The van der Waals surface area contributed by atoms with Crippen molar-refractivity contribution in [2.45, 2.75) is 257 Å². The molecule has 338 valence electrons. The van der Waals surface area contributed by atoms with Gasteiger partial charge in [0.25, 0.3) is 0 Å². The Balaban J connectivity index is 1.51. The van der Waals surface area contributed by atoms with E-state index in [1.165, 1.54) is 190 Å². The molecule has 1 aliphatic rings. The second-order valence-electron chi connectivity index (χ2n) is 18.6. The number of rotatable bonds is 34. The number of primary amides is 1. The van der Waals surface area contributed by atoms with Gasteiger partial charge in [-0.2, -0.15) is 4.90 Å². The maximum absolute atomic E-state index is 14.3. The molecule has 1 unspecified atom stereocenters. The highest BCUT2D eigenvalue weighted by Gasteiger charge is 2.33. The summed E-state index contributed by atoms with van der Waals surface area (Å²) in [6.45, 7) is 4.55. The van der Waals surface area contributed by atoms with Crippen LogP contribution in [0.25, 0.3) is 11.1 Å². The Labute approximate surface area is 369 Å². The molecule has 1 aliphatic carbocycles. The van der Waals surface area contributed by atoms with E-state index in [0.29, 0.717) is 12.8 Å². The summed E-state index contributed by atoms with van der Waals surface area (Å²) in [7, 11) is 0. The van der Waals surface area contributed by atoms with Crippen LogP contribution >= 0.6 is 0 Å². The predicted molar refractivity (Wildman–Crippen MR) is 256 cm³/mol. The molecule has 0 fully saturated rings. The highest BCUT2D eigenvalue weighted by Crippen LogP contribution is 2.32. The van der Waals surface area contributed by atoms with Crippen LogP contribution in [0.1, 0.15) is 261 Å². The number of carbonyl (C=O) groups is 3. The van der Waals surface area contributed by atoms with Crippen LogP contribution in [0.15, 0.2) is 42.5 Å². The van der Waals surface area contributed by atoms with E-state index in [0.717, 1.165) is 61.0 Å². The highest BCUT2D eigenvalue weighted by atomic mass is 16.2. The summed E-state index contributed by atoms with van der Waals surface area (Å²) >= 11 is 0. The summed E-state index contributed by atoms with van der Waals surface area (Å²) in [5, 5.41) is 0. The molecular weight excluding hydrogens is 737 g/mol. The summed E-state index contributed by atoms with van der Waals surface area (Å²) in [5.41, 5.74) is 11.9. The largest absolute Gasteiger partial charge is 0.351 e. The fraction of sp³-hybridized carbons (Fsp3) is 0.727. The third kappa shape index (κ3) is 21.7. The van der Waals surface area contributed by atoms with Gasteiger partial charge in [0.1, 0.15) is 0 Å². The summed E-state index contributed by atoms with van der Waals surface area (Å²) in [6.07, 6.45) is 44.5. The summed E-state index contributed by atoms with van der Waals surface area (Å²) in [5.74, 6) is -1.49. The number of fused-ring (bicyclic) bond motifs is 2. The average molecular weight is 827 g/mol. The van der Waals surface area contributed by atoms with Crippen LogP contribution in [-0.4, -0.2) is 22.7 Å². The van der Waals surface area contributed by atoms with Gasteiger partial charge in [-0.15, -0.1) is 0 Å². The van der Waals surface area contributed by atoms with E-state index >= 15 is 0 Å². The number of nitrogens with zero attached hydrogens (tertiary/aromatic N) is 1. The molecule has 2 aromatic carbocycles. The number of hydrogen-bond acceptors (Lipinski definition) is 3. The summed E-state index contributed by atoms with van der Waals surface area (Å²) in [6, 6.07) is 14.4. The Morgan fingerprint density at radius 1 is 0.517 bits per heavy atom. The van der Waals surface area contributed by atoms with E-state index < -0.39 is 23.8 Å². The Morgan fingerprint density at radius 3 is 1.42 bits per heavy atom. The third-order valence-electron chi connectivity index (χ3n) is 13.3. The molecule has 0 spiro atoms. The molecule has 2 bridgehead atoms. The molecule has 0 aromatic heterocycles. The number of unbranched alkanes of at least 4 members (excludes halogenated alkanes) is 27. The van der Waals surface area contributed by atoms with Crippen molar-refractivity contribution >= 4 is 17.8 Å². The first-order valence-electron chi connectivity index (χ1n) is 25.8. The average Bonchev–Trinajstić information content (AvgIpc) is 3.33. The predicted octanol–water partition coefficient (Wildman–Crippen LogP) is 16.7. The van der Waals surface area contributed by atoms with E-state index in [1.807, 2.05) is 0 Å². The molecule has 0 radical (unpaired) electrons. The number of amides is 4. The molecule has 3 rings (SSSR count). The van der Waals surface area contributed by atoms with E-state index in [2.05, 4.69) is 56.3 Å². The lowest BCUT2D eigenvalue weighted by atomic mass is 9.88. The minimum absolute atomic E-state index is 0.177. The van der Waals surface area contributed by atoms with Gasteiger partial charge in [-0.1, -0.05) is 249 Å². The first-order chi connectivity index (χ1) is 29.5. The first kappa shape index (κ1) is 51.4. The second kappa shape index (κ2) is 33.6. The van der Waals surface area contributed by atoms with Gasteiger partial charge in [0.15, 0.2) is 0 Å². The summed E-state index contributed by atoms with van der Waals surface area (Å²) in [4.78, 5) is 41.4. The zero-order chi connectivity index (χ0) is 42.9. The van der Waals surface area contributed by atoms with E-state index in [4.69, 9.17) is 5.73 Å². The van der Waals surface area contributed by atoms with Crippen molar-refractivity contribution in [1.29, 1.82) is 0 Å². The van der Waals surface area contributed by atoms with Crippen molar-refractivity contribution in [3.63, 3.8) is 0 Å². The molecular formula is C55H90N2O3. The minimum atomic E-state index is -0.948. The van der Waals surface area contributed by atoms with Crippen LogP contribution < -0.4 is 5.73 Å². The van der Waals surface area contributed by atoms with Crippen LogP contribution in [-0.2, 0) is 22.4 Å². The Bertz CT molecular complexity index is 1420. The number of nitrogens with two attached hydrogens (primary N) is 1. The molecule has 2 N–H and O–H groups in total. The smallest absolute Gasteiger partial charge is 0.328 e. The SMILES string of the molecule is CCCCCCCCCCCCCCCCCC(=O)N(C(N)=O)C(=O)C(CCCCCCCCCCCCCCCC)c1ccc(-c2ccc3cc2CCCCCC3)cc1. The highest BCUT2D eigenvalue weighted by molar-refractivity contribution is 6.11. The molecule has 0 saturated carbocycles. The van der Waals surface area contributed by atoms with Crippen LogP contribution in [0.3, 0.4) is 0 Å². The molecule has 4 amide bonds. The van der Waals surface area contributed by atoms with E-state index in [1.54, 1.807) is 0 Å². The Hall–Kier alpha value is -2.95. The lowest BCUT2D eigenvalue weighted by Crippen LogP contribution is -2.47. The van der Waals surface area contributed by atoms with Crippen molar-refractivity contribution < 1.29 is 14.4 Å². The van der Waals surface area contributed by atoms with Crippen LogP contribution in [0.2, 0.25) is 0 Å². The minimum Gasteiger partial charge on any atom is -0.351 e. The second-order valence-corrected chi connectivity index (χ2v) is 18.6. The standard InChI is InChI=1S/C55H90N2O3/c1-3-5-7-9-11-13-15-17-19-21-23-25-27-29-35-39-53(58)57(55(56)60)54(59)52(38-34-28-26-24-22-20-18-16-14-12-10-8-6-4-2)49-43-41-48(42-44-49)51-45-40-47-36-32-30-31-33-37-50(51)46-47/h40-46,52H,3-39H2,1-2H3,(H2,56,60). The normalized spacial score (nSPS) is 13.4. The third-order valence-corrected chi connectivity index (χ3v) is 13.3. The maximum Gasteiger partial charge on any atom is 0.328 e. The number of benzene rings is 2. The van der Waals surface area contributed by atoms with Crippen LogP contribution in [0.4, 0.5) is 4.79 Å². The molecule has 0 heterocycles. The van der Waals surface area contributed by atoms with Gasteiger partial charge < -0.3 is 5.73 Å². The van der Waals surface area contributed by atoms with Crippen molar-refractivity contribution in [3.8, 4) is 11.1 Å². The number of carbonyl (C=O) groups excluding carboxylic acids is 3. The zero-order valence-electron chi connectivity index (χ0n) is 39.0. The van der Waals surface area contributed by atoms with Gasteiger partial charge in [-0.3, -0.25) is 9.59 Å². The monoisotopic (exact) mass is 827 g/mol. The topological polar surface area (TPSA) is 80.5 Å². The Kier molecular flexibility index (Phi) is 28.8. The van der Waals surface area contributed by atoms with Gasteiger partial charge in [-0.05, 0) is 66.3 Å². The van der Waals surface area contributed by atoms with Gasteiger partial charge in [0.2, 0.25) is 11.8 Å². The van der Waals surface area contributed by atoms with Crippen molar-refractivity contribution in [2.75, 3.05) is 0 Å². The van der Waals surface area contributed by atoms with Crippen molar-refractivity contribution in [1.82, 2.24) is 4.90 Å². The van der Waals surface area contributed by atoms with Gasteiger partial charge in [0, 0.05) is 6.42 Å². The van der Waals surface area contributed by atoms with E-state index in [-0.39, 0.29) is 6.42 Å². The molecule has 2 aromatic rings. The Morgan fingerprint density at radius 2 is 0.950 bits per heavy atom. The van der Waals surface area contributed by atoms with Gasteiger partial charge in [-0.25, -0.2) is 4.79 Å². The molecule has 60 heavy (non-hydrogen) atoms. The maximum atomic E-state index is 14.3. The number of aryl methyl sites for hydroxylation is 2. The van der Waals surface area contributed by atoms with Gasteiger partial charge in [0.05, 0.1) is 5.92 Å². The lowest BCUT2D eigenvalue weighted by molar-refractivity contribution is -0.141. The first-order valence-corrected chi connectivity index (χ1v) is 25.8. The van der Waals surface area contributed by atoms with Gasteiger partial charge >= 0.3 is 6.03 Å². The molecule has 1 atom stereocenters.